The van der Waals surface area contributed by atoms with Crippen molar-refractivity contribution in [2.45, 2.75) is 24.7 Å². The summed E-state index contributed by atoms with van der Waals surface area (Å²) in [6.07, 6.45) is 0.0913. The Morgan fingerprint density at radius 1 is 1.07 bits per heavy atom. The molecule has 1 heterocycles. The number of hydrogen-bond donors (Lipinski definition) is 2. The van der Waals surface area contributed by atoms with Gasteiger partial charge in [-0.15, -0.1) is 0 Å². The van der Waals surface area contributed by atoms with Gasteiger partial charge in [0.25, 0.3) is 0 Å². The molecule has 0 radical (unpaired) electrons. The van der Waals surface area contributed by atoms with E-state index in [-0.39, 0.29) is 37.8 Å². The number of aliphatic carboxylic acids is 1. The second-order valence-corrected chi connectivity index (χ2v) is 7.86. The molecule has 0 saturated carbocycles. The number of carboxylic acid groups (broad SMARTS) is 1. The van der Waals surface area contributed by atoms with Crippen molar-refractivity contribution in [3.8, 4) is 0 Å². The van der Waals surface area contributed by atoms with Crippen molar-refractivity contribution in [2.24, 2.45) is 0 Å². The average Bonchev–Trinajstić information content (AvgIpc) is 3.07. The molecule has 1 fully saturated rings. The zero-order chi connectivity index (χ0) is 21.0. The van der Waals surface area contributed by atoms with Crippen molar-refractivity contribution >= 4 is 41.1 Å². The first-order valence-corrected chi connectivity index (χ1v) is 9.90. The van der Waals surface area contributed by atoms with E-state index in [4.69, 9.17) is 23.2 Å². The Morgan fingerprint density at radius 3 is 2.24 bits per heavy atom. The number of nitrogens with zero attached hydrogens (tertiary/aromatic N) is 1. The van der Waals surface area contributed by atoms with Crippen LogP contribution in [0.4, 0.5) is 4.79 Å². The number of likely N-dealkylation sites (tertiary alicyclic amines) is 1. The number of carbonyl (C=O) groups is 3. The second kappa shape index (κ2) is 9.29. The first-order valence-electron chi connectivity index (χ1n) is 9.14. The Balaban J connectivity index is 1.63. The van der Waals surface area contributed by atoms with E-state index in [2.05, 4.69) is 5.32 Å². The Bertz CT molecular complexity index is 900. The summed E-state index contributed by atoms with van der Waals surface area (Å²) in [7, 11) is 0. The molecule has 0 spiro atoms. The number of carboxylic acids is 1. The molecule has 0 bridgehead atoms. The molecule has 1 aliphatic heterocycles. The van der Waals surface area contributed by atoms with Crippen molar-refractivity contribution in [2.75, 3.05) is 13.1 Å². The summed E-state index contributed by atoms with van der Waals surface area (Å²) < 4.78 is 0. The number of hydrogen-bond acceptors (Lipinski definition) is 3. The van der Waals surface area contributed by atoms with Crippen molar-refractivity contribution < 1.29 is 19.5 Å². The lowest BCUT2D eigenvalue weighted by molar-refractivity contribution is -0.137. The Kier molecular flexibility index (Phi) is 6.77. The molecule has 2 aromatic rings. The first-order chi connectivity index (χ1) is 13.8. The minimum atomic E-state index is -0.973. The highest BCUT2D eigenvalue weighted by Crippen LogP contribution is 2.29. The van der Waals surface area contributed by atoms with E-state index < -0.39 is 17.9 Å². The van der Waals surface area contributed by atoms with Crippen LogP contribution in [0.25, 0.3) is 0 Å². The minimum absolute atomic E-state index is 0.0865. The van der Waals surface area contributed by atoms with Gasteiger partial charge in [0.1, 0.15) is 0 Å². The first kappa shape index (κ1) is 21.1. The van der Waals surface area contributed by atoms with Gasteiger partial charge in [0.05, 0.1) is 6.42 Å². The lowest BCUT2D eigenvalue weighted by atomic mass is 9.96. The second-order valence-electron chi connectivity index (χ2n) is 6.99. The molecule has 152 valence electrons. The largest absolute Gasteiger partial charge is 0.481 e. The van der Waals surface area contributed by atoms with Crippen LogP contribution in [-0.4, -0.2) is 41.0 Å². The molecular formula is C21H20Cl2N2O4. The SMILES string of the molecule is O=C(O)CC(CNC(=O)N1C[C@H](c2ccc(Cl)cc2)CC1=O)c1ccc(Cl)cc1. The summed E-state index contributed by atoms with van der Waals surface area (Å²) in [4.78, 5) is 37.3. The van der Waals surface area contributed by atoms with Crippen LogP contribution >= 0.6 is 23.2 Å². The zero-order valence-corrected chi connectivity index (χ0v) is 17.0. The lowest BCUT2D eigenvalue weighted by Gasteiger charge is -2.20. The highest BCUT2D eigenvalue weighted by atomic mass is 35.5. The van der Waals surface area contributed by atoms with Crippen LogP contribution in [0.15, 0.2) is 48.5 Å². The number of carbonyl (C=O) groups excluding carboxylic acids is 2. The number of imide groups is 1. The number of halogens is 2. The molecule has 29 heavy (non-hydrogen) atoms. The van der Waals surface area contributed by atoms with Gasteiger partial charge < -0.3 is 10.4 Å². The minimum Gasteiger partial charge on any atom is -0.481 e. The molecule has 0 aliphatic carbocycles. The van der Waals surface area contributed by atoms with E-state index in [1.807, 2.05) is 12.1 Å². The Morgan fingerprint density at radius 2 is 1.66 bits per heavy atom. The monoisotopic (exact) mass is 434 g/mol. The van der Waals surface area contributed by atoms with Crippen molar-refractivity contribution in [3.63, 3.8) is 0 Å². The maximum Gasteiger partial charge on any atom is 0.324 e. The Hall–Kier alpha value is -2.57. The van der Waals surface area contributed by atoms with E-state index in [0.717, 1.165) is 11.1 Å². The summed E-state index contributed by atoms with van der Waals surface area (Å²) in [5.41, 5.74) is 1.70. The standard InChI is InChI=1S/C21H20Cl2N2O4/c22-17-5-1-13(2-6-17)15(10-20(27)28)11-24-21(29)25-12-16(9-19(25)26)14-3-7-18(23)8-4-14/h1-8,15-16H,9-12H2,(H,24,29)(H,27,28)/t15?,16-/m1/s1. The number of amides is 3. The van der Waals surface area contributed by atoms with Crippen LogP contribution in [-0.2, 0) is 9.59 Å². The maximum absolute atomic E-state index is 12.6. The molecule has 2 aromatic carbocycles. The van der Waals surface area contributed by atoms with Gasteiger partial charge in [0, 0.05) is 41.4 Å². The molecule has 8 heteroatoms. The molecule has 0 aromatic heterocycles. The number of benzene rings is 2. The highest BCUT2D eigenvalue weighted by Gasteiger charge is 2.35. The molecule has 1 unspecified atom stereocenters. The number of urea groups is 1. The molecule has 2 atom stereocenters. The lowest BCUT2D eigenvalue weighted by Crippen LogP contribution is -2.42. The third kappa shape index (κ3) is 5.49. The maximum atomic E-state index is 12.6. The van der Waals surface area contributed by atoms with Crippen LogP contribution in [0.3, 0.4) is 0 Å². The van der Waals surface area contributed by atoms with Gasteiger partial charge >= 0.3 is 12.0 Å². The fourth-order valence-electron chi connectivity index (χ4n) is 3.42. The van der Waals surface area contributed by atoms with Crippen LogP contribution in [0.2, 0.25) is 10.0 Å². The van der Waals surface area contributed by atoms with Gasteiger partial charge in [-0.25, -0.2) is 4.79 Å². The molecular weight excluding hydrogens is 415 g/mol. The normalized spacial score (nSPS) is 17.2. The fourth-order valence-corrected chi connectivity index (χ4v) is 3.67. The topological polar surface area (TPSA) is 86.7 Å². The van der Waals surface area contributed by atoms with Crippen molar-refractivity contribution in [3.05, 3.63) is 69.7 Å². The quantitative estimate of drug-likeness (QED) is 0.709. The van der Waals surface area contributed by atoms with E-state index in [1.54, 1.807) is 36.4 Å². The van der Waals surface area contributed by atoms with Gasteiger partial charge in [-0.2, -0.15) is 0 Å². The van der Waals surface area contributed by atoms with Crippen LogP contribution < -0.4 is 5.32 Å². The van der Waals surface area contributed by atoms with Gasteiger partial charge in [0.15, 0.2) is 0 Å². The molecule has 3 rings (SSSR count). The molecule has 1 aliphatic rings. The predicted molar refractivity (Wildman–Crippen MR) is 110 cm³/mol. The van der Waals surface area contributed by atoms with Crippen LogP contribution in [0, 0.1) is 0 Å². The van der Waals surface area contributed by atoms with E-state index in [0.29, 0.717) is 10.0 Å². The van der Waals surface area contributed by atoms with E-state index in [1.165, 1.54) is 4.90 Å². The summed E-state index contributed by atoms with van der Waals surface area (Å²) in [5.74, 6) is -1.75. The summed E-state index contributed by atoms with van der Waals surface area (Å²) >= 11 is 11.8. The zero-order valence-electron chi connectivity index (χ0n) is 15.5. The van der Waals surface area contributed by atoms with Crippen LogP contribution in [0.5, 0.6) is 0 Å². The van der Waals surface area contributed by atoms with Crippen molar-refractivity contribution in [1.82, 2.24) is 10.2 Å². The van der Waals surface area contributed by atoms with Gasteiger partial charge in [-0.1, -0.05) is 47.5 Å². The smallest absolute Gasteiger partial charge is 0.324 e. The highest BCUT2D eigenvalue weighted by molar-refractivity contribution is 6.30. The van der Waals surface area contributed by atoms with Gasteiger partial charge in [-0.3, -0.25) is 14.5 Å². The third-order valence-electron chi connectivity index (χ3n) is 4.97. The van der Waals surface area contributed by atoms with E-state index >= 15 is 0 Å². The van der Waals surface area contributed by atoms with Crippen LogP contribution in [0.1, 0.15) is 35.8 Å². The summed E-state index contributed by atoms with van der Waals surface area (Å²) in [6, 6.07) is 13.5. The molecule has 1 saturated heterocycles. The van der Waals surface area contributed by atoms with Gasteiger partial charge in [-0.05, 0) is 35.4 Å². The molecule has 3 amide bonds. The number of nitrogens with one attached hydrogen (secondary N) is 1. The van der Waals surface area contributed by atoms with E-state index in [9.17, 15) is 19.5 Å². The Labute approximate surface area is 178 Å². The number of rotatable bonds is 6. The van der Waals surface area contributed by atoms with Crippen molar-refractivity contribution in [1.29, 1.82) is 0 Å². The average molecular weight is 435 g/mol. The molecule has 2 N–H and O–H groups in total. The third-order valence-corrected chi connectivity index (χ3v) is 5.48. The van der Waals surface area contributed by atoms with Gasteiger partial charge in [0.2, 0.25) is 5.91 Å². The molecule has 6 nitrogen and oxygen atoms in total. The fraction of sp³-hybridized carbons (Fsp3) is 0.286. The summed E-state index contributed by atoms with van der Waals surface area (Å²) in [6.45, 7) is 0.374. The summed E-state index contributed by atoms with van der Waals surface area (Å²) in [5, 5.41) is 13.0. The predicted octanol–water partition coefficient (Wildman–Crippen LogP) is 4.28.